The second-order valence-electron chi connectivity index (χ2n) is 7.11. The quantitative estimate of drug-likeness (QED) is 0.564. The lowest BCUT2D eigenvalue weighted by Crippen LogP contribution is -2.21. The molecule has 0 fully saturated rings. The van der Waals surface area contributed by atoms with Gasteiger partial charge in [-0.2, -0.15) is 18.3 Å². The molecule has 160 valence electrons. The molecule has 3 aromatic rings. The van der Waals surface area contributed by atoms with Crippen LogP contribution in [0.2, 0.25) is 0 Å². The van der Waals surface area contributed by atoms with E-state index in [4.69, 9.17) is 0 Å². The number of hydrogen-bond donors (Lipinski definition) is 3. The molecular formula is C19H19F3N4O3S. The van der Waals surface area contributed by atoms with Crippen molar-refractivity contribution in [2.24, 2.45) is 7.05 Å². The Balaban J connectivity index is 1.97. The number of aryl methyl sites for hydroxylation is 1. The molecule has 0 radical (unpaired) electrons. The largest absolute Gasteiger partial charge is 0.416 e. The van der Waals surface area contributed by atoms with Gasteiger partial charge in [-0.15, -0.1) is 0 Å². The summed E-state index contributed by atoms with van der Waals surface area (Å²) in [6.45, 7) is 2.89. The van der Waals surface area contributed by atoms with Crippen molar-refractivity contribution in [2.75, 3.05) is 5.32 Å². The van der Waals surface area contributed by atoms with E-state index >= 15 is 0 Å². The summed E-state index contributed by atoms with van der Waals surface area (Å²) in [5.41, 5.74) is -2.04. The maximum atomic E-state index is 13.0. The van der Waals surface area contributed by atoms with Gasteiger partial charge in [0.1, 0.15) is 33.1 Å². The van der Waals surface area contributed by atoms with Gasteiger partial charge in [-0.1, -0.05) is 23.5 Å². The molecule has 2 heterocycles. The van der Waals surface area contributed by atoms with Gasteiger partial charge in [-0.25, -0.2) is 4.98 Å². The molecule has 1 unspecified atom stereocenters. The highest BCUT2D eigenvalue weighted by Crippen LogP contribution is 2.38. The van der Waals surface area contributed by atoms with E-state index < -0.39 is 29.4 Å². The van der Waals surface area contributed by atoms with Crippen LogP contribution in [0.3, 0.4) is 0 Å². The van der Waals surface area contributed by atoms with Crippen molar-refractivity contribution < 1.29 is 28.2 Å². The minimum absolute atomic E-state index is 0.00891. The van der Waals surface area contributed by atoms with Crippen LogP contribution in [0, 0.1) is 0 Å². The van der Waals surface area contributed by atoms with Crippen LogP contribution in [0.1, 0.15) is 52.3 Å². The second kappa shape index (κ2) is 7.82. The van der Waals surface area contributed by atoms with Crippen LogP contribution >= 0.6 is 11.3 Å². The molecule has 0 aliphatic carbocycles. The first-order chi connectivity index (χ1) is 13.9. The predicted octanol–water partition coefficient (Wildman–Crippen LogP) is 3.46. The number of carbonyl (C=O) groups excluding carboxylic acids is 1. The summed E-state index contributed by atoms with van der Waals surface area (Å²) in [4.78, 5) is 16.7. The highest BCUT2D eigenvalue weighted by Gasteiger charge is 2.32. The average Bonchev–Trinajstić information content (AvgIpc) is 3.26. The number of rotatable bonds is 5. The van der Waals surface area contributed by atoms with Crippen molar-refractivity contribution in [3.63, 3.8) is 0 Å². The zero-order chi connectivity index (χ0) is 22.3. The summed E-state index contributed by atoms with van der Waals surface area (Å²) in [5.74, 6) is -0.510. The van der Waals surface area contributed by atoms with E-state index in [1.54, 1.807) is 7.05 Å². The Hall–Kier alpha value is -2.76. The minimum atomic E-state index is -4.56. The van der Waals surface area contributed by atoms with Crippen LogP contribution < -0.4 is 5.32 Å². The van der Waals surface area contributed by atoms with E-state index in [9.17, 15) is 28.2 Å². The molecule has 0 spiro atoms. The monoisotopic (exact) mass is 440 g/mol. The molecule has 1 aromatic carbocycles. The van der Waals surface area contributed by atoms with Gasteiger partial charge >= 0.3 is 6.18 Å². The van der Waals surface area contributed by atoms with Crippen molar-refractivity contribution >= 4 is 22.2 Å². The maximum absolute atomic E-state index is 13.0. The van der Waals surface area contributed by atoms with Crippen LogP contribution in [-0.2, 0) is 18.8 Å². The van der Waals surface area contributed by atoms with Crippen molar-refractivity contribution in [1.29, 1.82) is 0 Å². The first-order valence-corrected chi connectivity index (χ1v) is 9.57. The van der Waals surface area contributed by atoms with Gasteiger partial charge in [0.2, 0.25) is 0 Å². The number of alkyl halides is 3. The van der Waals surface area contributed by atoms with E-state index in [1.165, 1.54) is 42.9 Å². The lowest BCUT2D eigenvalue weighted by atomic mass is 10.0. The van der Waals surface area contributed by atoms with Crippen molar-refractivity contribution in [3.05, 3.63) is 64.1 Å². The fourth-order valence-corrected chi connectivity index (χ4v) is 3.87. The predicted molar refractivity (Wildman–Crippen MR) is 104 cm³/mol. The number of anilines is 1. The fraction of sp³-hybridized carbons (Fsp3) is 0.316. The van der Waals surface area contributed by atoms with Crippen molar-refractivity contribution in [1.82, 2.24) is 14.8 Å². The van der Waals surface area contributed by atoms with E-state index in [0.29, 0.717) is 0 Å². The molecule has 30 heavy (non-hydrogen) atoms. The molecule has 3 N–H and O–H groups in total. The third kappa shape index (κ3) is 4.53. The zero-order valence-corrected chi connectivity index (χ0v) is 17.0. The normalized spacial score (nSPS) is 13.3. The molecule has 7 nitrogen and oxygen atoms in total. The molecule has 2 aromatic heterocycles. The van der Waals surface area contributed by atoms with Gasteiger partial charge in [0, 0.05) is 13.2 Å². The Morgan fingerprint density at radius 3 is 2.53 bits per heavy atom. The Kier molecular flexibility index (Phi) is 5.72. The highest BCUT2D eigenvalue weighted by atomic mass is 32.1. The van der Waals surface area contributed by atoms with Gasteiger partial charge < -0.3 is 15.5 Å². The van der Waals surface area contributed by atoms with Gasteiger partial charge in [0.15, 0.2) is 0 Å². The van der Waals surface area contributed by atoms with Crippen LogP contribution in [0.5, 0.6) is 0 Å². The number of aromatic nitrogens is 3. The number of aliphatic hydroxyl groups is 2. The van der Waals surface area contributed by atoms with Crippen LogP contribution in [-0.4, -0.2) is 30.9 Å². The average molecular weight is 440 g/mol. The molecule has 0 aliphatic heterocycles. The lowest BCUT2D eigenvalue weighted by Gasteiger charge is -2.16. The number of aliphatic hydroxyl groups excluding tert-OH is 1. The van der Waals surface area contributed by atoms with Gasteiger partial charge in [0.05, 0.1) is 5.56 Å². The number of nitrogens with one attached hydrogen (secondary N) is 1. The van der Waals surface area contributed by atoms with Crippen LogP contribution in [0.4, 0.5) is 18.2 Å². The number of benzene rings is 1. The molecule has 0 bridgehead atoms. The fourth-order valence-electron chi connectivity index (χ4n) is 2.74. The van der Waals surface area contributed by atoms with Crippen molar-refractivity contribution in [2.45, 2.75) is 31.7 Å². The van der Waals surface area contributed by atoms with Gasteiger partial charge in [-0.05, 0) is 37.6 Å². The molecule has 3 rings (SSSR count). The molecule has 0 saturated heterocycles. The number of carbonyl (C=O) groups is 1. The Morgan fingerprint density at radius 1 is 1.27 bits per heavy atom. The third-order valence-corrected chi connectivity index (χ3v) is 5.29. The minimum Gasteiger partial charge on any atom is -0.384 e. The summed E-state index contributed by atoms with van der Waals surface area (Å²) in [5, 5.41) is 27.8. The molecular weight excluding hydrogens is 421 g/mol. The van der Waals surface area contributed by atoms with E-state index in [2.05, 4.69) is 15.4 Å². The number of amides is 1. The van der Waals surface area contributed by atoms with Gasteiger partial charge in [0.25, 0.3) is 5.91 Å². The number of nitrogens with zero attached hydrogens (tertiary/aromatic N) is 3. The molecule has 1 amide bonds. The Morgan fingerprint density at radius 2 is 1.97 bits per heavy atom. The number of thiazole rings is 1. The maximum Gasteiger partial charge on any atom is 0.416 e. The lowest BCUT2D eigenvalue weighted by molar-refractivity contribution is -0.137. The summed E-state index contributed by atoms with van der Waals surface area (Å²) < 4.78 is 40.3. The number of halogens is 3. The smallest absolute Gasteiger partial charge is 0.384 e. The first-order valence-electron chi connectivity index (χ1n) is 8.76. The van der Waals surface area contributed by atoms with Gasteiger partial charge in [-0.3, -0.25) is 9.48 Å². The summed E-state index contributed by atoms with van der Waals surface area (Å²) in [6.07, 6.45) is -4.58. The van der Waals surface area contributed by atoms with Crippen LogP contribution in [0.25, 0.3) is 0 Å². The van der Waals surface area contributed by atoms with E-state index in [0.717, 1.165) is 23.5 Å². The molecule has 1 atom stereocenters. The van der Waals surface area contributed by atoms with E-state index in [1.807, 2.05) is 0 Å². The van der Waals surface area contributed by atoms with Crippen molar-refractivity contribution in [3.8, 4) is 0 Å². The zero-order valence-electron chi connectivity index (χ0n) is 16.2. The molecule has 0 aliphatic rings. The number of hydrogen-bond acceptors (Lipinski definition) is 6. The molecule has 11 heteroatoms. The topological polar surface area (TPSA) is 100 Å². The highest BCUT2D eigenvalue weighted by molar-refractivity contribution is 7.16. The molecule has 0 saturated carbocycles. The Bertz CT molecular complexity index is 1070. The SMILES string of the molecule is Cn1nccc1C(=O)Nc1sc(C(O)c2cccc(C(F)(F)F)c2)nc1C(C)(C)O. The van der Waals surface area contributed by atoms with E-state index in [-0.39, 0.29) is 27.0 Å². The summed E-state index contributed by atoms with van der Waals surface area (Å²) >= 11 is 0.870. The second-order valence-corrected chi connectivity index (χ2v) is 8.14. The Labute approximate surface area is 173 Å². The summed E-state index contributed by atoms with van der Waals surface area (Å²) in [6, 6.07) is 5.78. The standard InChI is InChI=1S/C19H19F3N4O3S/c1-18(2,29)14-17(25-15(28)12-7-8-23-26(12)3)30-16(24-14)13(27)10-5-4-6-11(9-10)19(20,21)22/h4-9,13,27,29H,1-3H3,(H,25,28). The van der Waals surface area contributed by atoms with Crippen LogP contribution in [0.15, 0.2) is 36.5 Å². The first kappa shape index (κ1) is 21.9. The summed E-state index contributed by atoms with van der Waals surface area (Å²) in [7, 11) is 1.58. The third-order valence-electron chi connectivity index (χ3n) is 4.27.